The molecule has 10 heteroatoms. The summed E-state index contributed by atoms with van der Waals surface area (Å²) in [5.74, 6) is 1.24. The molecule has 2 heterocycles. The van der Waals surface area contributed by atoms with Gasteiger partial charge < -0.3 is 15.4 Å². The van der Waals surface area contributed by atoms with Crippen LogP contribution in [0.3, 0.4) is 0 Å². The van der Waals surface area contributed by atoms with E-state index in [0.29, 0.717) is 22.6 Å². The first-order valence-electron chi connectivity index (χ1n) is 11.4. The molecule has 0 atom stereocenters. The third-order valence-electron chi connectivity index (χ3n) is 5.87. The van der Waals surface area contributed by atoms with Crippen molar-refractivity contribution in [1.29, 1.82) is 0 Å². The van der Waals surface area contributed by atoms with E-state index in [0.717, 1.165) is 43.5 Å². The van der Waals surface area contributed by atoms with Gasteiger partial charge in [0.2, 0.25) is 5.95 Å². The average Bonchev–Trinajstić information content (AvgIpc) is 3.46. The third kappa shape index (κ3) is 5.88. The van der Waals surface area contributed by atoms with Gasteiger partial charge in [0.25, 0.3) is 0 Å². The summed E-state index contributed by atoms with van der Waals surface area (Å²) < 4.78 is 7.18. The van der Waals surface area contributed by atoms with Crippen LogP contribution in [0.1, 0.15) is 65.0 Å². The summed E-state index contributed by atoms with van der Waals surface area (Å²) in [5.41, 5.74) is 1.93. The summed E-state index contributed by atoms with van der Waals surface area (Å²) in [7, 11) is 1.91. The number of hydrogen-bond donors (Lipinski definition) is 2. The molecule has 0 aromatic carbocycles. The van der Waals surface area contributed by atoms with Gasteiger partial charge in [-0.2, -0.15) is 0 Å². The van der Waals surface area contributed by atoms with Gasteiger partial charge >= 0.3 is 6.09 Å². The summed E-state index contributed by atoms with van der Waals surface area (Å²) in [6.07, 6.45) is 8.25. The summed E-state index contributed by atoms with van der Waals surface area (Å²) in [5, 5.41) is 15.4. The minimum Gasteiger partial charge on any atom is -0.444 e. The van der Waals surface area contributed by atoms with Crippen molar-refractivity contribution in [1.82, 2.24) is 30.3 Å². The standard InChI is InChI=1S/C22H32ClN7O2/c1-22(2,3)32-21(31)26-15-9-7-14(8-10-15)25-20-24-12-16(23)18(27-20)19-17(11-13-5-6-13)30(4)29-28-19/h12-15H,5-11H2,1-4H3,(H,26,31)(H,24,25,27)/t14-,15-. The number of nitrogens with zero attached hydrogens (tertiary/aromatic N) is 5. The Labute approximate surface area is 193 Å². The van der Waals surface area contributed by atoms with E-state index in [1.54, 1.807) is 6.20 Å². The molecule has 2 saturated carbocycles. The zero-order valence-corrected chi connectivity index (χ0v) is 19.9. The van der Waals surface area contributed by atoms with E-state index >= 15 is 0 Å². The Kier molecular flexibility index (Phi) is 6.55. The van der Waals surface area contributed by atoms with Crippen molar-refractivity contribution in [2.75, 3.05) is 5.32 Å². The van der Waals surface area contributed by atoms with E-state index in [1.807, 2.05) is 32.5 Å². The summed E-state index contributed by atoms with van der Waals surface area (Å²) in [6, 6.07) is 0.350. The van der Waals surface area contributed by atoms with Crippen LogP contribution in [0.25, 0.3) is 11.4 Å². The molecule has 0 spiro atoms. The van der Waals surface area contributed by atoms with Gasteiger partial charge in [0, 0.05) is 19.1 Å². The molecule has 0 radical (unpaired) electrons. The van der Waals surface area contributed by atoms with Crippen LogP contribution in [0.2, 0.25) is 5.02 Å². The predicted octanol–water partition coefficient (Wildman–Crippen LogP) is 4.13. The molecule has 174 valence electrons. The van der Waals surface area contributed by atoms with E-state index in [2.05, 4.69) is 30.9 Å². The topological polar surface area (TPSA) is 107 Å². The number of aryl methyl sites for hydroxylation is 1. The molecule has 2 fully saturated rings. The van der Waals surface area contributed by atoms with Crippen LogP contribution < -0.4 is 10.6 Å². The minimum atomic E-state index is -0.492. The number of carbonyl (C=O) groups is 1. The number of alkyl carbamates (subject to hydrolysis) is 1. The highest BCUT2D eigenvalue weighted by Gasteiger charge is 2.28. The molecule has 0 bridgehead atoms. The van der Waals surface area contributed by atoms with E-state index in [-0.39, 0.29) is 18.2 Å². The number of aromatic nitrogens is 5. The fraction of sp³-hybridized carbons (Fsp3) is 0.682. The van der Waals surface area contributed by atoms with Crippen LogP contribution in [0, 0.1) is 5.92 Å². The molecule has 32 heavy (non-hydrogen) atoms. The largest absolute Gasteiger partial charge is 0.444 e. The molecule has 2 aliphatic carbocycles. The van der Waals surface area contributed by atoms with Crippen molar-refractivity contribution in [2.45, 2.75) is 83.4 Å². The maximum absolute atomic E-state index is 12.0. The van der Waals surface area contributed by atoms with E-state index in [1.165, 1.54) is 12.8 Å². The lowest BCUT2D eigenvalue weighted by molar-refractivity contribution is 0.0492. The highest BCUT2D eigenvalue weighted by Crippen LogP contribution is 2.36. The van der Waals surface area contributed by atoms with Crippen molar-refractivity contribution >= 4 is 23.6 Å². The molecule has 4 rings (SSSR count). The smallest absolute Gasteiger partial charge is 0.407 e. The number of anilines is 1. The molecule has 9 nitrogen and oxygen atoms in total. The molecule has 2 aromatic rings. The average molecular weight is 462 g/mol. The van der Waals surface area contributed by atoms with Gasteiger partial charge in [-0.3, -0.25) is 4.68 Å². The molecular weight excluding hydrogens is 430 g/mol. The van der Waals surface area contributed by atoms with Gasteiger partial charge in [0.05, 0.1) is 16.9 Å². The van der Waals surface area contributed by atoms with Crippen LogP contribution in [0.15, 0.2) is 6.20 Å². The van der Waals surface area contributed by atoms with Gasteiger partial charge in [0.1, 0.15) is 17.0 Å². The Hall–Kier alpha value is -2.42. The highest BCUT2D eigenvalue weighted by atomic mass is 35.5. The Bertz CT molecular complexity index is 960. The molecule has 0 unspecified atom stereocenters. The number of carbonyl (C=O) groups excluding carboxylic acids is 1. The van der Waals surface area contributed by atoms with Crippen molar-refractivity contribution < 1.29 is 9.53 Å². The van der Waals surface area contributed by atoms with Crippen LogP contribution in [-0.4, -0.2) is 48.7 Å². The third-order valence-corrected chi connectivity index (χ3v) is 6.15. The molecule has 1 amide bonds. The van der Waals surface area contributed by atoms with Gasteiger partial charge in [0.15, 0.2) is 0 Å². The number of rotatable bonds is 6. The van der Waals surface area contributed by atoms with Gasteiger partial charge in [-0.1, -0.05) is 16.8 Å². The van der Waals surface area contributed by atoms with Crippen molar-refractivity contribution in [3.63, 3.8) is 0 Å². The molecule has 0 aliphatic heterocycles. The van der Waals surface area contributed by atoms with Crippen LogP contribution in [0.4, 0.5) is 10.7 Å². The monoisotopic (exact) mass is 461 g/mol. The second-order valence-electron chi connectivity index (χ2n) is 9.89. The number of ether oxygens (including phenoxy) is 1. The lowest BCUT2D eigenvalue weighted by Gasteiger charge is -2.30. The van der Waals surface area contributed by atoms with Gasteiger partial charge in [-0.15, -0.1) is 5.10 Å². The zero-order valence-electron chi connectivity index (χ0n) is 19.2. The van der Waals surface area contributed by atoms with Crippen molar-refractivity contribution in [3.8, 4) is 11.4 Å². The second kappa shape index (κ2) is 9.21. The Balaban J connectivity index is 1.37. The van der Waals surface area contributed by atoms with E-state index in [9.17, 15) is 4.79 Å². The fourth-order valence-corrected chi connectivity index (χ4v) is 4.21. The maximum atomic E-state index is 12.0. The Morgan fingerprint density at radius 2 is 1.84 bits per heavy atom. The van der Waals surface area contributed by atoms with E-state index < -0.39 is 5.60 Å². The Morgan fingerprint density at radius 1 is 1.16 bits per heavy atom. The van der Waals surface area contributed by atoms with Crippen LogP contribution >= 0.6 is 11.6 Å². The normalized spacial score (nSPS) is 21.3. The van der Waals surface area contributed by atoms with Gasteiger partial charge in [-0.05, 0) is 71.6 Å². The summed E-state index contributed by atoms with van der Waals surface area (Å²) in [4.78, 5) is 21.1. The van der Waals surface area contributed by atoms with Crippen molar-refractivity contribution in [2.24, 2.45) is 13.0 Å². The number of nitrogens with one attached hydrogen (secondary N) is 2. The predicted molar refractivity (Wildman–Crippen MR) is 123 cm³/mol. The summed E-state index contributed by atoms with van der Waals surface area (Å²) in [6.45, 7) is 5.59. The Morgan fingerprint density at radius 3 is 2.50 bits per heavy atom. The number of amides is 1. The van der Waals surface area contributed by atoms with Crippen LogP contribution in [0.5, 0.6) is 0 Å². The quantitative estimate of drug-likeness (QED) is 0.666. The SMILES string of the molecule is Cn1nnc(-c2nc(N[C@H]3CC[C@H](NC(=O)OC(C)(C)C)CC3)ncc2Cl)c1CC1CC1. The first-order chi connectivity index (χ1) is 15.2. The molecule has 2 aliphatic rings. The molecule has 2 N–H and O–H groups in total. The zero-order chi connectivity index (χ0) is 22.9. The lowest BCUT2D eigenvalue weighted by atomic mass is 9.91. The number of hydrogen-bond acceptors (Lipinski definition) is 7. The fourth-order valence-electron chi connectivity index (χ4n) is 4.03. The van der Waals surface area contributed by atoms with E-state index in [4.69, 9.17) is 16.3 Å². The maximum Gasteiger partial charge on any atom is 0.407 e. The summed E-state index contributed by atoms with van der Waals surface area (Å²) >= 11 is 6.44. The number of halogens is 1. The lowest BCUT2D eigenvalue weighted by Crippen LogP contribution is -2.42. The molecule has 0 saturated heterocycles. The minimum absolute atomic E-state index is 0.120. The van der Waals surface area contributed by atoms with Crippen molar-refractivity contribution in [3.05, 3.63) is 16.9 Å². The molecule has 2 aromatic heterocycles. The molecular formula is C22H32ClN7O2. The highest BCUT2D eigenvalue weighted by molar-refractivity contribution is 6.32. The van der Waals surface area contributed by atoms with Crippen LogP contribution in [-0.2, 0) is 18.2 Å². The first kappa shape index (κ1) is 22.8. The second-order valence-corrected chi connectivity index (χ2v) is 10.3. The first-order valence-corrected chi connectivity index (χ1v) is 11.7. The van der Waals surface area contributed by atoms with Gasteiger partial charge in [-0.25, -0.2) is 14.8 Å².